The Labute approximate surface area is 185 Å². The Balaban J connectivity index is 1.75. The van der Waals surface area contributed by atoms with Gasteiger partial charge in [0.05, 0.1) is 22.5 Å². The number of imide groups is 1. The van der Waals surface area contributed by atoms with E-state index >= 15 is 0 Å². The van der Waals surface area contributed by atoms with Crippen molar-refractivity contribution in [2.24, 2.45) is 4.99 Å². The van der Waals surface area contributed by atoms with E-state index in [1.807, 2.05) is 6.92 Å². The summed E-state index contributed by atoms with van der Waals surface area (Å²) in [5, 5.41) is 0. The molecule has 2 aromatic carbocycles. The van der Waals surface area contributed by atoms with Crippen molar-refractivity contribution in [3.05, 3.63) is 58.4 Å². The van der Waals surface area contributed by atoms with Crippen molar-refractivity contribution >= 4 is 45.0 Å². The normalized spacial score (nSPS) is 14.7. The number of nitrogens with zero attached hydrogens (tertiary/aromatic N) is 3. The van der Waals surface area contributed by atoms with Crippen LogP contribution in [0, 0.1) is 11.6 Å². The van der Waals surface area contributed by atoms with Crippen LogP contribution >= 0.6 is 11.3 Å². The van der Waals surface area contributed by atoms with E-state index < -0.39 is 17.5 Å². The highest BCUT2D eigenvalue weighted by molar-refractivity contribution is 7.16. The number of rotatable bonds is 6. The molecule has 1 aliphatic heterocycles. The summed E-state index contributed by atoms with van der Waals surface area (Å²) in [6.45, 7) is 2.77. The molecule has 0 spiro atoms. The lowest BCUT2D eigenvalue weighted by Crippen LogP contribution is -2.28. The highest BCUT2D eigenvalue weighted by Crippen LogP contribution is 2.25. The van der Waals surface area contributed by atoms with Crippen molar-refractivity contribution in [2.75, 3.05) is 18.1 Å². The van der Waals surface area contributed by atoms with Gasteiger partial charge < -0.3 is 9.30 Å². The number of anilines is 1. The summed E-state index contributed by atoms with van der Waals surface area (Å²) in [7, 11) is 0. The van der Waals surface area contributed by atoms with Gasteiger partial charge in [0.1, 0.15) is 5.82 Å². The third kappa shape index (κ3) is 4.23. The van der Waals surface area contributed by atoms with Crippen LogP contribution in [0.1, 0.15) is 30.1 Å². The number of amides is 3. The van der Waals surface area contributed by atoms with Crippen molar-refractivity contribution < 1.29 is 27.9 Å². The Hall–Kier alpha value is -3.24. The van der Waals surface area contributed by atoms with Crippen LogP contribution in [-0.2, 0) is 20.9 Å². The minimum absolute atomic E-state index is 0.130. The Bertz CT molecular complexity index is 1280. The summed E-state index contributed by atoms with van der Waals surface area (Å²) < 4.78 is 35.3. The second-order valence-electron chi connectivity index (χ2n) is 7.06. The topological polar surface area (TPSA) is 81.0 Å². The van der Waals surface area contributed by atoms with Gasteiger partial charge in [-0.3, -0.25) is 19.3 Å². The molecule has 0 saturated carbocycles. The summed E-state index contributed by atoms with van der Waals surface area (Å²) >= 11 is 0.985. The number of fused-ring (bicyclic) bond motifs is 1. The lowest BCUT2D eigenvalue weighted by molar-refractivity contribution is -0.121. The summed E-state index contributed by atoms with van der Waals surface area (Å²) in [6.07, 6.45) is 0.260. The molecule has 0 N–H and O–H groups in total. The fourth-order valence-corrected chi connectivity index (χ4v) is 4.61. The van der Waals surface area contributed by atoms with Gasteiger partial charge in [0, 0.05) is 37.6 Å². The molecular formula is C22H19F2N3O4S. The minimum atomic E-state index is -0.755. The Morgan fingerprint density at radius 2 is 1.91 bits per heavy atom. The first kappa shape index (κ1) is 22.0. The molecular weight excluding hydrogens is 440 g/mol. The van der Waals surface area contributed by atoms with Crippen molar-refractivity contribution in [1.82, 2.24) is 4.57 Å². The van der Waals surface area contributed by atoms with Gasteiger partial charge in [-0.1, -0.05) is 17.4 Å². The van der Waals surface area contributed by atoms with Crippen molar-refractivity contribution in [3.8, 4) is 0 Å². The van der Waals surface area contributed by atoms with Crippen LogP contribution in [0.4, 0.5) is 14.5 Å². The molecule has 10 heteroatoms. The molecule has 32 heavy (non-hydrogen) atoms. The maximum Gasteiger partial charge on any atom is 0.279 e. The molecule has 1 aliphatic rings. The van der Waals surface area contributed by atoms with Gasteiger partial charge in [0.25, 0.3) is 5.91 Å². The van der Waals surface area contributed by atoms with Gasteiger partial charge in [-0.2, -0.15) is 4.99 Å². The molecule has 4 rings (SSSR count). The van der Waals surface area contributed by atoms with Gasteiger partial charge in [0.15, 0.2) is 10.6 Å². The predicted molar refractivity (Wildman–Crippen MR) is 114 cm³/mol. The summed E-state index contributed by atoms with van der Waals surface area (Å²) in [6, 6.07) is 8.03. The number of hydrogen-bond donors (Lipinski definition) is 0. The highest BCUT2D eigenvalue weighted by atomic mass is 32.1. The quantitative estimate of drug-likeness (QED) is 0.418. The summed E-state index contributed by atoms with van der Waals surface area (Å²) in [5.41, 5.74) is 0.604. The Morgan fingerprint density at radius 1 is 1.16 bits per heavy atom. The molecule has 0 atom stereocenters. The zero-order valence-corrected chi connectivity index (χ0v) is 18.0. The van der Waals surface area contributed by atoms with Crippen LogP contribution in [0.3, 0.4) is 0 Å². The number of carbonyl (C=O) groups excluding carboxylic acids is 3. The molecule has 0 bridgehead atoms. The lowest BCUT2D eigenvalue weighted by Gasteiger charge is -2.14. The maximum atomic E-state index is 14.5. The third-order valence-electron chi connectivity index (χ3n) is 4.96. The fraction of sp³-hybridized carbons (Fsp3) is 0.273. The van der Waals surface area contributed by atoms with Crippen molar-refractivity contribution in [3.63, 3.8) is 0 Å². The van der Waals surface area contributed by atoms with Crippen LogP contribution in [0.2, 0.25) is 0 Å². The van der Waals surface area contributed by atoms with Crippen LogP contribution in [-0.4, -0.2) is 35.5 Å². The van der Waals surface area contributed by atoms with E-state index in [4.69, 9.17) is 4.74 Å². The number of thiazole rings is 1. The van der Waals surface area contributed by atoms with E-state index in [0.29, 0.717) is 17.0 Å². The van der Waals surface area contributed by atoms with E-state index in [1.54, 1.807) is 12.1 Å². The number of hydrogen-bond acceptors (Lipinski definition) is 5. The van der Waals surface area contributed by atoms with Crippen molar-refractivity contribution in [2.45, 2.75) is 26.3 Å². The van der Waals surface area contributed by atoms with Gasteiger partial charge in [-0.25, -0.2) is 8.78 Å². The Kier molecular flexibility index (Phi) is 6.24. The molecule has 1 fully saturated rings. The zero-order chi connectivity index (χ0) is 22.8. The van der Waals surface area contributed by atoms with Crippen LogP contribution in [0.15, 0.2) is 41.4 Å². The van der Waals surface area contributed by atoms with Gasteiger partial charge in [0.2, 0.25) is 11.8 Å². The minimum Gasteiger partial charge on any atom is -0.380 e. The second kappa shape index (κ2) is 9.09. The molecule has 3 amide bonds. The highest BCUT2D eigenvalue weighted by Gasteiger charge is 2.30. The molecule has 2 heterocycles. The van der Waals surface area contributed by atoms with Crippen LogP contribution in [0.25, 0.3) is 10.2 Å². The lowest BCUT2D eigenvalue weighted by atomic mass is 10.2. The monoisotopic (exact) mass is 459 g/mol. The van der Waals surface area contributed by atoms with E-state index in [0.717, 1.165) is 22.3 Å². The predicted octanol–water partition coefficient (Wildman–Crippen LogP) is 3.41. The first-order chi connectivity index (χ1) is 15.4. The number of aromatic nitrogens is 1. The van der Waals surface area contributed by atoms with Crippen molar-refractivity contribution in [1.29, 1.82) is 0 Å². The maximum absolute atomic E-state index is 14.5. The number of ether oxygens (including phenoxy) is 1. The molecule has 1 aromatic heterocycles. The fourth-order valence-electron chi connectivity index (χ4n) is 3.52. The first-order valence-corrected chi connectivity index (χ1v) is 10.8. The van der Waals surface area contributed by atoms with Crippen LogP contribution < -0.4 is 9.70 Å². The summed E-state index contributed by atoms with van der Waals surface area (Å²) in [4.78, 5) is 42.3. The van der Waals surface area contributed by atoms with Gasteiger partial charge >= 0.3 is 0 Å². The first-order valence-electron chi connectivity index (χ1n) is 10.00. The summed E-state index contributed by atoms with van der Waals surface area (Å²) in [5.74, 6) is -2.77. The average Bonchev–Trinajstić information content (AvgIpc) is 3.27. The number of halogens is 2. The van der Waals surface area contributed by atoms with E-state index in [9.17, 15) is 23.2 Å². The molecule has 3 aromatic rings. The molecule has 7 nitrogen and oxygen atoms in total. The van der Waals surface area contributed by atoms with E-state index in [-0.39, 0.29) is 53.7 Å². The largest absolute Gasteiger partial charge is 0.380 e. The zero-order valence-electron chi connectivity index (χ0n) is 17.1. The molecule has 0 radical (unpaired) electrons. The molecule has 0 unspecified atom stereocenters. The van der Waals surface area contributed by atoms with E-state index in [1.165, 1.54) is 22.8 Å². The smallest absolute Gasteiger partial charge is 0.279 e. The molecule has 1 saturated heterocycles. The van der Waals surface area contributed by atoms with E-state index in [2.05, 4.69) is 4.99 Å². The third-order valence-corrected chi connectivity index (χ3v) is 5.98. The number of carbonyl (C=O) groups is 3. The SMILES string of the molecule is CCOCCn1c(=NC(=O)c2cccc(N3C(=O)CCC3=O)c2)sc2cc(F)cc(F)c21. The Morgan fingerprint density at radius 3 is 2.62 bits per heavy atom. The van der Waals surface area contributed by atoms with Gasteiger partial charge in [-0.15, -0.1) is 0 Å². The molecule has 0 aliphatic carbocycles. The number of benzene rings is 2. The van der Waals surface area contributed by atoms with Gasteiger partial charge in [-0.05, 0) is 31.2 Å². The second-order valence-corrected chi connectivity index (χ2v) is 8.07. The van der Waals surface area contributed by atoms with Crippen LogP contribution in [0.5, 0.6) is 0 Å². The standard InChI is InChI=1S/C22H19F2N3O4S/c1-2-31-9-8-26-20-16(24)11-14(23)12-17(20)32-22(26)25-21(30)13-4-3-5-15(10-13)27-18(28)6-7-19(27)29/h3-5,10-12H,2,6-9H2,1H3. The molecule has 166 valence electrons. The average molecular weight is 459 g/mol.